The Morgan fingerprint density at radius 2 is 2.45 bits per heavy atom. The lowest BCUT2D eigenvalue weighted by molar-refractivity contribution is 0.0696. The molecule has 0 aliphatic rings. The summed E-state index contributed by atoms with van der Waals surface area (Å²) in [6, 6.07) is 4.00. The summed E-state index contributed by atoms with van der Waals surface area (Å²) in [4.78, 5) is 10.8. The smallest absolute Gasteiger partial charge is 0.337 e. The Kier molecular flexibility index (Phi) is 1.27. The second kappa shape index (κ2) is 2.93. The molecule has 0 radical (unpaired) electrons. The van der Waals surface area contributed by atoms with Crippen LogP contribution in [-0.4, -0.2) is 11.1 Å². The fourth-order valence-corrected chi connectivity index (χ4v) is 0.997. The van der Waals surface area contributed by atoms with Crippen molar-refractivity contribution in [1.82, 2.24) is 0 Å². The van der Waals surface area contributed by atoms with Gasteiger partial charge in [-0.2, -0.15) is 0 Å². The number of hydrogen-bond acceptors (Lipinski definition) is 1. The van der Waals surface area contributed by atoms with Gasteiger partial charge in [-0.05, 0) is 18.5 Å². The molecular formula is C8H7ClO2. The topological polar surface area (TPSA) is 37.3 Å². The number of carboxylic acid groups (broad SMARTS) is 1. The van der Waals surface area contributed by atoms with Crippen LogP contribution in [0.1, 0.15) is 20.0 Å². The highest BCUT2D eigenvalue weighted by atomic mass is 35.5. The van der Waals surface area contributed by atoms with Crippen molar-refractivity contribution in [1.29, 1.82) is 0 Å². The monoisotopic (exact) mass is 173 g/mol. The maximum atomic E-state index is 10.8. The third-order valence-electron chi connectivity index (χ3n) is 1.23. The number of halogens is 1. The molecule has 0 bridgehead atoms. The molecule has 1 N–H and O–H groups in total. The molecule has 0 atom stereocenters. The highest BCUT2D eigenvalue weighted by Crippen LogP contribution is 2.18. The molecule has 0 saturated carbocycles. The number of benzene rings is 1. The van der Waals surface area contributed by atoms with Gasteiger partial charge in [-0.15, -0.1) is 0 Å². The Labute approximate surface area is 73.6 Å². The molecule has 2 nitrogen and oxygen atoms in total. The molecule has 0 unspecified atom stereocenters. The van der Waals surface area contributed by atoms with Crippen LogP contribution in [0.15, 0.2) is 18.2 Å². The SMILES string of the molecule is [2H]C([2H])([2H])c1cccc(Cl)c1C(=O)O. The van der Waals surface area contributed by atoms with Crippen LogP contribution in [-0.2, 0) is 0 Å². The molecule has 0 heterocycles. The van der Waals surface area contributed by atoms with Gasteiger partial charge in [-0.25, -0.2) is 4.79 Å². The molecule has 0 saturated heterocycles. The molecular weight excluding hydrogens is 164 g/mol. The molecule has 11 heavy (non-hydrogen) atoms. The molecule has 58 valence electrons. The highest BCUT2D eigenvalue weighted by Gasteiger charge is 2.09. The van der Waals surface area contributed by atoms with E-state index < -0.39 is 12.8 Å². The predicted octanol–water partition coefficient (Wildman–Crippen LogP) is 2.35. The fourth-order valence-electron chi connectivity index (χ4n) is 0.741. The first-order valence-corrected chi connectivity index (χ1v) is 3.24. The molecule has 1 rings (SSSR count). The van der Waals surface area contributed by atoms with Gasteiger partial charge in [0, 0.05) is 4.11 Å². The van der Waals surface area contributed by atoms with Crippen LogP contribution in [0, 0.1) is 6.85 Å². The number of aromatic carboxylic acids is 1. The lowest BCUT2D eigenvalue weighted by Gasteiger charge is -2.00. The van der Waals surface area contributed by atoms with Crippen LogP contribution in [0.4, 0.5) is 0 Å². The quantitative estimate of drug-likeness (QED) is 0.708. The summed E-state index contributed by atoms with van der Waals surface area (Å²) in [5, 5.41) is 8.71. The van der Waals surface area contributed by atoms with Gasteiger partial charge >= 0.3 is 5.97 Å². The van der Waals surface area contributed by atoms with Crippen LogP contribution in [0.25, 0.3) is 0 Å². The maximum absolute atomic E-state index is 10.8. The van der Waals surface area contributed by atoms with E-state index in [0.29, 0.717) is 0 Å². The molecule has 3 heteroatoms. The van der Waals surface area contributed by atoms with E-state index in [9.17, 15) is 4.79 Å². The fraction of sp³-hybridized carbons (Fsp3) is 0.125. The third-order valence-corrected chi connectivity index (χ3v) is 1.54. The summed E-state index contributed by atoms with van der Waals surface area (Å²) in [7, 11) is 0. The number of carbonyl (C=O) groups is 1. The van der Waals surface area contributed by atoms with Crippen molar-refractivity contribution in [3.8, 4) is 0 Å². The second-order valence-electron chi connectivity index (χ2n) is 1.97. The van der Waals surface area contributed by atoms with E-state index in [4.69, 9.17) is 20.8 Å². The first-order chi connectivity index (χ1) is 6.34. The van der Waals surface area contributed by atoms with E-state index in [1.165, 1.54) is 18.2 Å². The number of hydrogen-bond donors (Lipinski definition) is 1. The first-order valence-electron chi connectivity index (χ1n) is 4.36. The normalized spacial score (nSPS) is 14.8. The summed E-state index contributed by atoms with van der Waals surface area (Å²) < 4.78 is 21.3. The summed E-state index contributed by atoms with van der Waals surface area (Å²) >= 11 is 5.60. The summed E-state index contributed by atoms with van der Waals surface area (Å²) in [6.07, 6.45) is 0. The first kappa shape index (κ1) is 4.78. The average molecular weight is 174 g/mol. The Balaban J connectivity index is 3.44. The number of aryl methyl sites for hydroxylation is 1. The van der Waals surface area contributed by atoms with Crippen LogP contribution in [0.2, 0.25) is 5.02 Å². The Morgan fingerprint density at radius 1 is 1.73 bits per heavy atom. The zero-order valence-electron chi connectivity index (χ0n) is 8.47. The van der Waals surface area contributed by atoms with Gasteiger partial charge in [0.2, 0.25) is 0 Å². The third kappa shape index (κ3) is 1.52. The zero-order valence-corrected chi connectivity index (χ0v) is 6.22. The van der Waals surface area contributed by atoms with E-state index in [1.54, 1.807) is 0 Å². The summed E-state index contributed by atoms with van der Waals surface area (Å²) in [6.45, 7) is -2.46. The number of rotatable bonds is 1. The Bertz CT molecular complexity index is 373. The molecule has 1 aromatic carbocycles. The maximum Gasteiger partial charge on any atom is 0.337 e. The van der Waals surface area contributed by atoms with Crippen LogP contribution >= 0.6 is 11.6 Å². The number of carboxylic acids is 1. The van der Waals surface area contributed by atoms with Crippen LogP contribution in [0.3, 0.4) is 0 Å². The largest absolute Gasteiger partial charge is 0.478 e. The van der Waals surface area contributed by atoms with Gasteiger partial charge < -0.3 is 5.11 Å². The van der Waals surface area contributed by atoms with Crippen molar-refractivity contribution in [2.75, 3.05) is 0 Å². The molecule has 0 aromatic heterocycles. The average Bonchev–Trinajstić information content (AvgIpc) is 2.01. The minimum absolute atomic E-state index is 0.0638. The van der Waals surface area contributed by atoms with Gasteiger partial charge in [0.25, 0.3) is 0 Å². The van der Waals surface area contributed by atoms with E-state index in [0.717, 1.165) is 0 Å². The van der Waals surface area contributed by atoms with E-state index in [-0.39, 0.29) is 16.1 Å². The van der Waals surface area contributed by atoms with Crippen molar-refractivity contribution < 1.29 is 14.0 Å². The van der Waals surface area contributed by atoms with Gasteiger partial charge in [-0.1, -0.05) is 23.7 Å². The standard InChI is InChI=1S/C8H7ClO2/c1-5-3-2-4-6(9)7(5)8(10)11/h2-4H,1H3,(H,10,11)/i1D3. The summed E-state index contributed by atoms with van der Waals surface area (Å²) in [5.41, 5.74) is -0.591. The lowest BCUT2D eigenvalue weighted by Crippen LogP contribution is -1.99. The van der Waals surface area contributed by atoms with Crippen LogP contribution < -0.4 is 0 Å². The van der Waals surface area contributed by atoms with Gasteiger partial charge in [0.15, 0.2) is 0 Å². The lowest BCUT2D eigenvalue weighted by atomic mass is 10.1. The van der Waals surface area contributed by atoms with Crippen molar-refractivity contribution in [3.05, 3.63) is 34.3 Å². The Hall–Kier alpha value is -1.02. The van der Waals surface area contributed by atoms with Gasteiger partial charge in [-0.3, -0.25) is 0 Å². The van der Waals surface area contributed by atoms with E-state index in [1.807, 2.05) is 0 Å². The van der Waals surface area contributed by atoms with Crippen molar-refractivity contribution >= 4 is 17.6 Å². The second-order valence-corrected chi connectivity index (χ2v) is 2.37. The molecule has 0 aliphatic carbocycles. The van der Waals surface area contributed by atoms with Crippen molar-refractivity contribution in [2.45, 2.75) is 6.85 Å². The Morgan fingerprint density at radius 3 is 2.91 bits per heavy atom. The summed E-state index contributed by atoms with van der Waals surface area (Å²) in [5.74, 6) is -1.33. The molecule has 0 amide bonds. The highest BCUT2D eigenvalue weighted by molar-refractivity contribution is 6.33. The zero-order chi connectivity index (χ0) is 10.9. The molecule has 0 spiro atoms. The van der Waals surface area contributed by atoms with Crippen molar-refractivity contribution in [2.24, 2.45) is 0 Å². The minimum Gasteiger partial charge on any atom is -0.478 e. The van der Waals surface area contributed by atoms with Crippen LogP contribution in [0.5, 0.6) is 0 Å². The van der Waals surface area contributed by atoms with Gasteiger partial charge in [0.1, 0.15) is 0 Å². The van der Waals surface area contributed by atoms with E-state index in [2.05, 4.69) is 0 Å². The molecule has 0 aliphatic heterocycles. The minimum atomic E-state index is -2.46. The predicted molar refractivity (Wildman–Crippen MR) is 43.1 cm³/mol. The van der Waals surface area contributed by atoms with E-state index >= 15 is 0 Å². The molecule has 0 fully saturated rings. The molecule has 1 aromatic rings. The van der Waals surface area contributed by atoms with Gasteiger partial charge in [0.05, 0.1) is 10.6 Å². The van der Waals surface area contributed by atoms with Crippen molar-refractivity contribution in [3.63, 3.8) is 0 Å².